The second kappa shape index (κ2) is 8.35. The first-order valence-electron chi connectivity index (χ1n) is 8.44. The van der Waals surface area contributed by atoms with Crippen molar-refractivity contribution in [2.24, 2.45) is 0 Å². The number of nitrogens with zero attached hydrogens (tertiary/aromatic N) is 2. The molecule has 2 heterocycles. The van der Waals surface area contributed by atoms with E-state index in [1.165, 1.54) is 35.2 Å². The number of pyridine rings is 1. The Morgan fingerprint density at radius 3 is 2.54 bits per heavy atom. The van der Waals surface area contributed by atoms with Crippen LogP contribution in [0.4, 0.5) is 19.4 Å². The highest BCUT2D eigenvalue weighted by Gasteiger charge is 2.22. The van der Waals surface area contributed by atoms with Crippen molar-refractivity contribution >= 4 is 35.2 Å². The van der Waals surface area contributed by atoms with Gasteiger partial charge in [-0.1, -0.05) is 17.7 Å². The summed E-state index contributed by atoms with van der Waals surface area (Å²) in [6.45, 7) is 0.425. The molecule has 9 heteroatoms. The number of carboxylic acid groups (broad SMARTS) is 1. The molecule has 1 fully saturated rings. The largest absolute Gasteiger partial charge is 0.465 e. The highest BCUT2D eigenvalue weighted by Crippen LogP contribution is 2.27. The van der Waals surface area contributed by atoms with Gasteiger partial charge in [0.15, 0.2) is 0 Å². The molecule has 1 aliphatic heterocycles. The summed E-state index contributed by atoms with van der Waals surface area (Å²) in [4.78, 5) is 28.5. The molecule has 1 aromatic heterocycles. The first kappa shape index (κ1) is 19.8. The molecule has 3 rings (SSSR count). The van der Waals surface area contributed by atoms with E-state index in [9.17, 15) is 18.4 Å². The van der Waals surface area contributed by atoms with Crippen molar-refractivity contribution in [2.45, 2.75) is 12.8 Å². The van der Waals surface area contributed by atoms with E-state index in [1.54, 1.807) is 0 Å². The summed E-state index contributed by atoms with van der Waals surface area (Å²) in [6.07, 6.45) is -0.490. The molecule has 2 amide bonds. The van der Waals surface area contributed by atoms with Gasteiger partial charge in [0.25, 0.3) is 5.91 Å². The summed E-state index contributed by atoms with van der Waals surface area (Å²) in [5.74, 6) is -1.99. The smallest absolute Gasteiger partial charge is 0.407 e. The normalized spacial score (nSPS) is 14.0. The van der Waals surface area contributed by atoms with Gasteiger partial charge in [0.2, 0.25) is 0 Å². The number of carbonyl (C=O) groups excluding carboxylic acids is 1. The quantitative estimate of drug-likeness (QED) is 0.780. The van der Waals surface area contributed by atoms with Gasteiger partial charge < -0.3 is 15.3 Å². The van der Waals surface area contributed by atoms with E-state index in [-0.39, 0.29) is 48.0 Å². The van der Waals surface area contributed by atoms with E-state index >= 15 is 0 Å². The molecule has 0 unspecified atom stereocenters. The molecule has 2 N–H and O–H groups in total. The lowest BCUT2D eigenvalue weighted by Crippen LogP contribution is -2.35. The van der Waals surface area contributed by atoms with Crippen LogP contribution in [0, 0.1) is 5.82 Å². The molecule has 6 nitrogen and oxygen atoms in total. The molecule has 0 radical (unpaired) electrons. The number of rotatable bonds is 3. The predicted molar refractivity (Wildman–Crippen MR) is 100 cm³/mol. The van der Waals surface area contributed by atoms with Crippen LogP contribution in [0.15, 0.2) is 42.0 Å². The minimum absolute atomic E-state index is 0.0214. The van der Waals surface area contributed by atoms with E-state index in [1.807, 2.05) is 0 Å². The fourth-order valence-corrected chi connectivity index (χ4v) is 3.01. The minimum atomic E-state index is -1.03. The van der Waals surface area contributed by atoms with Crippen molar-refractivity contribution in [1.82, 2.24) is 9.88 Å². The number of likely N-dealkylation sites (tertiary alicyclic amines) is 1. The summed E-state index contributed by atoms with van der Waals surface area (Å²) in [5, 5.41) is 11.6. The monoisotopic (exact) mass is 407 g/mol. The standard InChI is InChI=1S/C19H16ClF2N3O3/c20-12-4-5-13(14(21)10-12)18(26)24-16-3-1-2-15(23-16)17(22)11-6-8-25(9-7-11)19(27)28/h1-5,10H,6-9H2,(H,27,28)(H,23,24,26). The summed E-state index contributed by atoms with van der Waals surface area (Å²) in [6, 6.07) is 8.08. The topological polar surface area (TPSA) is 82.5 Å². The fourth-order valence-electron chi connectivity index (χ4n) is 2.85. The number of benzene rings is 1. The third kappa shape index (κ3) is 4.45. The van der Waals surface area contributed by atoms with Crippen LogP contribution in [0.5, 0.6) is 0 Å². The lowest BCUT2D eigenvalue weighted by Gasteiger charge is -2.26. The lowest BCUT2D eigenvalue weighted by atomic mass is 10.0. The molecule has 2 aromatic rings. The van der Waals surface area contributed by atoms with E-state index in [4.69, 9.17) is 16.7 Å². The Balaban J connectivity index is 1.76. The van der Waals surface area contributed by atoms with Crippen molar-refractivity contribution in [3.63, 3.8) is 0 Å². The molecule has 0 bridgehead atoms. The lowest BCUT2D eigenvalue weighted by molar-refractivity contribution is 0.102. The summed E-state index contributed by atoms with van der Waals surface area (Å²) in [5.41, 5.74) is 0.279. The van der Waals surface area contributed by atoms with Gasteiger partial charge in [0.1, 0.15) is 23.2 Å². The Hall–Kier alpha value is -3.00. The summed E-state index contributed by atoms with van der Waals surface area (Å²) in [7, 11) is 0. The van der Waals surface area contributed by atoms with Gasteiger partial charge in [-0.25, -0.2) is 18.6 Å². The number of carbonyl (C=O) groups is 2. The van der Waals surface area contributed by atoms with Crippen molar-refractivity contribution < 1.29 is 23.5 Å². The summed E-state index contributed by atoms with van der Waals surface area (Å²) >= 11 is 5.67. The predicted octanol–water partition coefficient (Wildman–Crippen LogP) is 4.58. The number of aromatic nitrogens is 1. The van der Waals surface area contributed by atoms with Crippen LogP contribution in [0.3, 0.4) is 0 Å². The molecule has 1 saturated heterocycles. The molecule has 0 saturated carbocycles. The number of nitrogens with one attached hydrogen (secondary N) is 1. The Morgan fingerprint density at radius 2 is 1.89 bits per heavy atom. The number of piperidine rings is 1. The second-order valence-corrected chi connectivity index (χ2v) is 6.61. The van der Waals surface area contributed by atoms with Crippen molar-refractivity contribution in [3.8, 4) is 0 Å². The average Bonchev–Trinajstić information content (AvgIpc) is 2.67. The number of hydrogen-bond acceptors (Lipinski definition) is 3. The van der Waals surface area contributed by atoms with Crippen LogP contribution in [-0.2, 0) is 0 Å². The van der Waals surface area contributed by atoms with Crippen LogP contribution in [0.1, 0.15) is 28.9 Å². The molecule has 1 aliphatic rings. The van der Waals surface area contributed by atoms with Crippen LogP contribution in [-0.4, -0.2) is 40.1 Å². The van der Waals surface area contributed by atoms with Gasteiger partial charge in [-0.05, 0) is 48.7 Å². The first-order chi connectivity index (χ1) is 13.3. The Kier molecular flexibility index (Phi) is 5.89. The van der Waals surface area contributed by atoms with Crippen molar-refractivity contribution in [3.05, 3.63) is 64.1 Å². The molecule has 28 heavy (non-hydrogen) atoms. The Morgan fingerprint density at radius 1 is 1.18 bits per heavy atom. The molecule has 1 aromatic carbocycles. The number of amides is 2. The Labute approximate surface area is 164 Å². The van der Waals surface area contributed by atoms with Crippen molar-refractivity contribution in [2.75, 3.05) is 18.4 Å². The van der Waals surface area contributed by atoms with Crippen LogP contribution >= 0.6 is 11.6 Å². The maximum atomic E-state index is 14.8. The third-order valence-electron chi connectivity index (χ3n) is 4.34. The van der Waals surface area contributed by atoms with Gasteiger partial charge in [0.05, 0.1) is 5.56 Å². The molecule has 146 valence electrons. The maximum Gasteiger partial charge on any atom is 0.407 e. The molecular weight excluding hydrogens is 392 g/mol. The fraction of sp³-hybridized carbons (Fsp3) is 0.211. The highest BCUT2D eigenvalue weighted by molar-refractivity contribution is 6.30. The van der Waals surface area contributed by atoms with Gasteiger partial charge in [-0.3, -0.25) is 4.79 Å². The summed E-state index contributed by atoms with van der Waals surface area (Å²) < 4.78 is 28.6. The SMILES string of the molecule is O=C(Nc1cccc(C(F)=C2CCN(C(=O)O)CC2)n1)c1ccc(Cl)cc1F. The van der Waals surface area contributed by atoms with E-state index in [2.05, 4.69) is 10.3 Å². The highest BCUT2D eigenvalue weighted by atomic mass is 35.5. The third-order valence-corrected chi connectivity index (χ3v) is 4.57. The molecule has 0 aliphatic carbocycles. The van der Waals surface area contributed by atoms with Crippen LogP contribution in [0.2, 0.25) is 5.02 Å². The van der Waals surface area contributed by atoms with Gasteiger partial charge in [0, 0.05) is 18.1 Å². The zero-order chi connectivity index (χ0) is 20.3. The van der Waals surface area contributed by atoms with Gasteiger partial charge >= 0.3 is 6.09 Å². The first-order valence-corrected chi connectivity index (χ1v) is 8.82. The van der Waals surface area contributed by atoms with E-state index in [0.717, 1.165) is 6.07 Å². The van der Waals surface area contributed by atoms with E-state index in [0.29, 0.717) is 5.57 Å². The number of anilines is 1. The zero-order valence-electron chi connectivity index (χ0n) is 14.6. The second-order valence-electron chi connectivity index (χ2n) is 6.17. The maximum absolute atomic E-state index is 14.8. The van der Waals surface area contributed by atoms with Crippen LogP contribution in [0.25, 0.3) is 5.83 Å². The molecule has 0 spiro atoms. The average molecular weight is 408 g/mol. The van der Waals surface area contributed by atoms with Gasteiger partial charge in [-0.15, -0.1) is 0 Å². The zero-order valence-corrected chi connectivity index (χ0v) is 15.3. The van der Waals surface area contributed by atoms with E-state index < -0.39 is 23.6 Å². The van der Waals surface area contributed by atoms with Crippen molar-refractivity contribution in [1.29, 1.82) is 0 Å². The van der Waals surface area contributed by atoms with Crippen LogP contribution < -0.4 is 5.32 Å². The Bertz CT molecular complexity index is 955. The molecule has 0 atom stereocenters. The number of halogens is 3. The number of hydrogen-bond donors (Lipinski definition) is 2. The van der Waals surface area contributed by atoms with Gasteiger partial charge in [-0.2, -0.15) is 0 Å². The minimum Gasteiger partial charge on any atom is -0.465 e. The molecular formula is C19H16ClF2N3O3.